The van der Waals surface area contributed by atoms with Gasteiger partial charge in [-0.25, -0.2) is 4.79 Å². The molecule has 1 saturated carbocycles. The number of likely N-dealkylation sites (tertiary alicyclic amines) is 1. The minimum atomic E-state index is -0.349. The minimum absolute atomic E-state index is 0.0204. The molecule has 3 aliphatic rings. The van der Waals surface area contributed by atoms with Gasteiger partial charge in [0.2, 0.25) is 5.91 Å². The van der Waals surface area contributed by atoms with Crippen molar-refractivity contribution in [3.8, 4) is 0 Å². The van der Waals surface area contributed by atoms with E-state index in [4.69, 9.17) is 4.74 Å². The molecule has 4 rings (SSSR count). The molecule has 2 heterocycles. The van der Waals surface area contributed by atoms with Gasteiger partial charge in [0.05, 0.1) is 5.54 Å². The summed E-state index contributed by atoms with van der Waals surface area (Å²) in [6.07, 6.45) is 3.09. The van der Waals surface area contributed by atoms with Crippen molar-refractivity contribution in [2.24, 2.45) is 5.92 Å². The van der Waals surface area contributed by atoms with Crippen LogP contribution in [0.15, 0.2) is 24.3 Å². The van der Waals surface area contributed by atoms with Crippen LogP contribution in [0.4, 0.5) is 4.79 Å². The van der Waals surface area contributed by atoms with Crippen LogP contribution in [0.1, 0.15) is 70.4 Å². The molecule has 0 unspecified atom stereocenters. The molecular weight excluding hydrogens is 352 g/mol. The molecule has 1 aliphatic carbocycles. The summed E-state index contributed by atoms with van der Waals surface area (Å²) in [5.74, 6) is 0.788. The number of carbonyl (C=O) groups excluding carboxylic acids is 2. The Morgan fingerprint density at radius 3 is 2.43 bits per heavy atom. The van der Waals surface area contributed by atoms with Crippen LogP contribution in [-0.4, -0.2) is 41.6 Å². The van der Waals surface area contributed by atoms with Crippen LogP contribution >= 0.6 is 0 Å². The van der Waals surface area contributed by atoms with Gasteiger partial charge in [-0.05, 0) is 55.1 Å². The number of carbonyl (C=O) groups is 2. The van der Waals surface area contributed by atoms with E-state index in [-0.39, 0.29) is 34.9 Å². The first-order chi connectivity index (χ1) is 13.2. The number of hydrogen-bond donors (Lipinski definition) is 1. The molecule has 1 aromatic rings. The maximum absolute atomic E-state index is 13.0. The Morgan fingerprint density at radius 1 is 1.21 bits per heavy atom. The van der Waals surface area contributed by atoms with Gasteiger partial charge in [-0.2, -0.15) is 0 Å². The van der Waals surface area contributed by atoms with E-state index in [1.54, 1.807) is 0 Å². The standard InChI is InChI=1S/C23H32N2O3/c1-15-11-17(16-5-7-19(8-6-16)22(2,3)4)9-10-25(15)20(26)18-12-23(13-18)14-28-21(27)24-23/h5-8,15,17-18H,9-14H2,1-4H3,(H,24,27)/t15-,17-,18-,23+/m0/s1. The number of nitrogens with zero attached hydrogens (tertiary/aromatic N) is 1. The third kappa shape index (κ3) is 3.51. The highest BCUT2D eigenvalue weighted by Gasteiger charge is 2.53. The van der Waals surface area contributed by atoms with Gasteiger partial charge in [0.15, 0.2) is 0 Å². The summed E-state index contributed by atoms with van der Waals surface area (Å²) in [6, 6.07) is 9.30. The largest absolute Gasteiger partial charge is 0.447 e. The number of amides is 2. The maximum Gasteiger partial charge on any atom is 0.407 e. The van der Waals surface area contributed by atoms with Gasteiger partial charge in [-0.1, -0.05) is 45.0 Å². The number of hydrogen-bond acceptors (Lipinski definition) is 3. The number of alkyl carbamates (subject to hydrolysis) is 1. The van der Waals surface area contributed by atoms with Gasteiger partial charge in [0, 0.05) is 18.5 Å². The first kappa shape index (κ1) is 19.3. The lowest BCUT2D eigenvalue weighted by molar-refractivity contribution is -0.144. The molecule has 152 valence electrons. The molecule has 0 radical (unpaired) electrons. The van der Waals surface area contributed by atoms with Gasteiger partial charge in [0.1, 0.15) is 6.61 Å². The average Bonchev–Trinajstić information content (AvgIpc) is 3.01. The fraction of sp³-hybridized carbons (Fsp3) is 0.652. The molecule has 3 fully saturated rings. The van der Waals surface area contributed by atoms with E-state index in [0.29, 0.717) is 25.4 Å². The van der Waals surface area contributed by atoms with Gasteiger partial charge >= 0.3 is 6.09 Å². The Hall–Kier alpha value is -2.04. The number of piperidine rings is 1. The lowest BCUT2D eigenvalue weighted by atomic mass is 9.68. The fourth-order valence-electron chi connectivity index (χ4n) is 5.06. The normalized spacial score (nSPS) is 32.6. The van der Waals surface area contributed by atoms with Crippen molar-refractivity contribution in [1.29, 1.82) is 0 Å². The third-order valence-electron chi connectivity index (χ3n) is 6.88. The summed E-state index contributed by atoms with van der Waals surface area (Å²) in [5, 5.41) is 2.88. The quantitative estimate of drug-likeness (QED) is 0.839. The summed E-state index contributed by atoms with van der Waals surface area (Å²) in [7, 11) is 0. The summed E-state index contributed by atoms with van der Waals surface area (Å²) in [4.78, 5) is 26.3. The van der Waals surface area contributed by atoms with Crippen LogP contribution in [0.2, 0.25) is 0 Å². The Morgan fingerprint density at radius 2 is 1.89 bits per heavy atom. The number of ether oxygens (including phenoxy) is 1. The van der Waals surface area contributed by atoms with E-state index in [0.717, 1.165) is 19.4 Å². The van der Waals surface area contributed by atoms with Crippen molar-refractivity contribution in [3.05, 3.63) is 35.4 Å². The van der Waals surface area contributed by atoms with Crippen molar-refractivity contribution >= 4 is 12.0 Å². The van der Waals surface area contributed by atoms with E-state index in [1.165, 1.54) is 11.1 Å². The molecule has 5 nitrogen and oxygen atoms in total. The van der Waals surface area contributed by atoms with Crippen molar-refractivity contribution in [1.82, 2.24) is 10.2 Å². The molecule has 0 aromatic heterocycles. The Balaban J connectivity index is 1.34. The smallest absolute Gasteiger partial charge is 0.407 e. The van der Waals surface area contributed by atoms with Gasteiger partial charge in [-0.15, -0.1) is 0 Å². The zero-order chi connectivity index (χ0) is 20.1. The van der Waals surface area contributed by atoms with E-state index in [1.807, 2.05) is 0 Å². The predicted molar refractivity (Wildman–Crippen MR) is 108 cm³/mol. The molecule has 2 saturated heterocycles. The summed E-state index contributed by atoms with van der Waals surface area (Å²) >= 11 is 0. The van der Waals surface area contributed by atoms with E-state index >= 15 is 0 Å². The third-order valence-corrected chi connectivity index (χ3v) is 6.88. The van der Waals surface area contributed by atoms with Crippen LogP contribution in [0, 0.1) is 5.92 Å². The SMILES string of the molecule is C[C@H]1C[C@@H](c2ccc(C(C)(C)C)cc2)CCN1C(=O)[C@H]1C[C@]2(COC(=O)N2)C1. The van der Waals surface area contributed by atoms with Crippen LogP contribution < -0.4 is 5.32 Å². The topological polar surface area (TPSA) is 58.6 Å². The van der Waals surface area contributed by atoms with Crippen LogP contribution in [0.25, 0.3) is 0 Å². The highest BCUT2D eigenvalue weighted by Crippen LogP contribution is 2.43. The number of benzene rings is 1. The molecule has 2 aliphatic heterocycles. The summed E-state index contributed by atoms with van der Waals surface area (Å²) in [5.41, 5.74) is 2.64. The Kier molecular flexibility index (Phi) is 4.67. The lowest BCUT2D eigenvalue weighted by Crippen LogP contribution is -2.59. The second-order valence-corrected chi connectivity index (χ2v) is 10.1. The molecule has 2 amide bonds. The minimum Gasteiger partial charge on any atom is -0.447 e. The fourth-order valence-corrected chi connectivity index (χ4v) is 5.06. The molecule has 1 spiro atoms. The molecular formula is C23H32N2O3. The van der Waals surface area contributed by atoms with Crippen molar-refractivity contribution in [2.75, 3.05) is 13.2 Å². The number of nitrogens with one attached hydrogen (secondary N) is 1. The molecule has 2 atom stereocenters. The number of cyclic esters (lactones) is 1. The zero-order valence-corrected chi connectivity index (χ0v) is 17.5. The second kappa shape index (κ2) is 6.78. The summed E-state index contributed by atoms with van der Waals surface area (Å²) < 4.78 is 5.02. The zero-order valence-electron chi connectivity index (χ0n) is 17.5. The van der Waals surface area contributed by atoms with E-state index < -0.39 is 0 Å². The number of rotatable bonds is 2. The average molecular weight is 385 g/mol. The molecule has 5 heteroatoms. The first-order valence-electron chi connectivity index (χ1n) is 10.5. The van der Waals surface area contributed by atoms with E-state index in [9.17, 15) is 9.59 Å². The summed E-state index contributed by atoms with van der Waals surface area (Å²) in [6.45, 7) is 10.1. The van der Waals surface area contributed by atoms with Crippen LogP contribution in [0.3, 0.4) is 0 Å². The van der Waals surface area contributed by atoms with Gasteiger partial charge in [-0.3, -0.25) is 4.79 Å². The highest BCUT2D eigenvalue weighted by molar-refractivity contribution is 5.82. The second-order valence-electron chi connectivity index (χ2n) is 10.1. The van der Waals surface area contributed by atoms with Crippen molar-refractivity contribution in [3.63, 3.8) is 0 Å². The van der Waals surface area contributed by atoms with Crippen molar-refractivity contribution in [2.45, 2.75) is 76.3 Å². The van der Waals surface area contributed by atoms with Crippen LogP contribution in [-0.2, 0) is 14.9 Å². The Bertz CT molecular complexity index is 759. The molecule has 1 aromatic carbocycles. The van der Waals surface area contributed by atoms with E-state index in [2.05, 4.69) is 62.2 Å². The van der Waals surface area contributed by atoms with Crippen molar-refractivity contribution < 1.29 is 14.3 Å². The predicted octanol–water partition coefficient (Wildman–Crippen LogP) is 3.97. The van der Waals surface area contributed by atoms with Gasteiger partial charge < -0.3 is 15.0 Å². The molecule has 28 heavy (non-hydrogen) atoms. The van der Waals surface area contributed by atoms with Crippen LogP contribution in [0.5, 0.6) is 0 Å². The Labute approximate surface area is 167 Å². The maximum atomic E-state index is 13.0. The molecule has 1 N–H and O–H groups in total. The van der Waals surface area contributed by atoms with Gasteiger partial charge in [0.25, 0.3) is 0 Å². The first-order valence-corrected chi connectivity index (χ1v) is 10.5. The molecule has 0 bridgehead atoms. The highest BCUT2D eigenvalue weighted by atomic mass is 16.6. The monoisotopic (exact) mass is 384 g/mol. The lowest BCUT2D eigenvalue weighted by Gasteiger charge is -2.46.